The Kier molecular flexibility index (Phi) is 10.6. The van der Waals surface area contributed by atoms with E-state index in [1.54, 1.807) is 13.2 Å². The van der Waals surface area contributed by atoms with Crippen LogP contribution in [-0.4, -0.2) is 54.7 Å². The fraction of sp³-hybridized carbons (Fsp3) is 0.480. The van der Waals surface area contributed by atoms with Crippen LogP contribution in [0.4, 0.5) is 10.2 Å². The monoisotopic (exact) mass is 523 g/mol. The fourth-order valence-corrected chi connectivity index (χ4v) is 3.75. The molecular formula is C25H35ClFN5O4. The molecule has 11 heteroatoms. The van der Waals surface area contributed by atoms with Crippen molar-refractivity contribution in [2.45, 2.75) is 65.5 Å². The van der Waals surface area contributed by atoms with Gasteiger partial charge in [-0.15, -0.1) is 0 Å². The maximum absolute atomic E-state index is 13.7. The number of aryl methyl sites for hydroxylation is 1. The molecule has 198 valence electrons. The summed E-state index contributed by atoms with van der Waals surface area (Å²) in [4.78, 5) is 26.4. The van der Waals surface area contributed by atoms with Crippen LogP contribution in [0.1, 0.15) is 60.9 Å². The molecule has 1 fully saturated rings. The number of amides is 1. The first-order chi connectivity index (χ1) is 16.9. The van der Waals surface area contributed by atoms with Crippen molar-refractivity contribution in [2.75, 3.05) is 19.0 Å². The van der Waals surface area contributed by atoms with Crippen LogP contribution in [0.5, 0.6) is 5.75 Å². The summed E-state index contributed by atoms with van der Waals surface area (Å²) in [6.07, 6.45) is 2.02. The molecule has 1 saturated heterocycles. The van der Waals surface area contributed by atoms with Crippen molar-refractivity contribution in [2.24, 2.45) is 0 Å². The second-order valence-corrected chi connectivity index (χ2v) is 9.62. The van der Waals surface area contributed by atoms with E-state index in [9.17, 15) is 14.0 Å². The summed E-state index contributed by atoms with van der Waals surface area (Å²) in [6.45, 7) is 12.0. The Morgan fingerprint density at radius 2 is 2.06 bits per heavy atom. The molecule has 9 nitrogen and oxygen atoms in total. The average Bonchev–Trinajstić information content (AvgIpc) is 3.06. The number of hydrazine groups is 1. The number of ether oxygens (including phenoxy) is 2. The van der Waals surface area contributed by atoms with Crippen molar-refractivity contribution in [3.05, 3.63) is 51.9 Å². The predicted molar refractivity (Wildman–Crippen MR) is 138 cm³/mol. The number of hydrogen-bond donors (Lipinski definition) is 4. The number of pyridine rings is 1. The molecule has 0 saturated carbocycles. The molecular weight excluding hydrogens is 489 g/mol. The normalized spacial score (nSPS) is 18.3. The lowest BCUT2D eigenvalue weighted by atomic mass is 10.2. The first-order valence-corrected chi connectivity index (χ1v) is 12.0. The number of aldehydes is 1. The molecule has 4 N–H and O–H groups in total. The van der Waals surface area contributed by atoms with Crippen molar-refractivity contribution in [1.29, 1.82) is 0 Å². The maximum atomic E-state index is 13.7. The number of carbonyl (C=O) groups excluding carboxylic acids is 2. The molecule has 2 atom stereocenters. The van der Waals surface area contributed by atoms with Crippen LogP contribution in [0.15, 0.2) is 24.4 Å². The lowest BCUT2D eigenvalue weighted by molar-refractivity contribution is -0.0178. The molecule has 2 aromatic rings. The van der Waals surface area contributed by atoms with Crippen LogP contribution in [0, 0.1) is 12.7 Å². The molecule has 0 aliphatic carbocycles. The van der Waals surface area contributed by atoms with E-state index in [4.69, 9.17) is 21.1 Å². The summed E-state index contributed by atoms with van der Waals surface area (Å²) in [5.41, 5.74) is 6.27. The molecule has 0 bridgehead atoms. The van der Waals surface area contributed by atoms with E-state index in [1.807, 2.05) is 47.6 Å². The predicted octanol–water partition coefficient (Wildman–Crippen LogP) is 3.86. The van der Waals surface area contributed by atoms with Gasteiger partial charge in [0, 0.05) is 30.9 Å². The molecule has 2 unspecified atom stereocenters. The van der Waals surface area contributed by atoms with Crippen LogP contribution in [-0.2, 0) is 4.74 Å². The third kappa shape index (κ3) is 8.41. The highest BCUT2D eigenvalue weighted by Crippen LogP contribution is 2.27. The first-order valence-electron chi connectivity index (χ1n) is 11.6. The number of carbonyl (C=O) groups is 2. The fourth-order valence-electron chi connectivity index (χ4n) is 3.56. The molecule has 1 aromatic heterocycles. The highest BCUT2D eigenvalue weighted by Gasteiger charge is 2.37. The third-order valence-electron chi connectivity index (χ3n) is 5.18. The van der Waals surface area contributed by atoms with Gasteiger partial charge in [-0.2, -0.15) is 0 Å². The van der Waals surface area contributed by atoms with Gasteiger partial charge >= 0.3 is 0 Å². The molecule has 2 heterocycles. The topological polar surface area (TPSA) is 114 Å². The number of rotatable bonds is 8. The second-order valence-electron chi connectivity index (χ2n) is 9.21. The Morgan fingerprint density at radius 1 is 1.36 bits per heavy atom. The number of nitrogens with one attached hydrogen (secondary N) is 4. The summed E-state index contributed by atoms with van der Waals surface area (Å²) in [7, 11) is 1.65. The zero-order valence-corrected chi connectivity index (χ0v) is 22.4. The number of halogens is 2. The van der Waals surface area contributed by atoms with E-state index in [0.29, 0.717) is 17.9 Å². The van der Waals surface area contributed by atoms with E-state index in [1.165, 1.54) is 6.07 Å². The number of anilines is 1. The largest absolute Gasteiger partial charge is 0.489 e. The number of hydrogen-bond acceptors (Lipinski definition) is 8. The lowest BCUT2D eigenvalue weighted by Gasteiger charge is -2.18. The van der Waals surface area contributed by atoms with Gasteiger partial charge in [0.1, 0.15) is 18.1 Å². The molecule has 3 rings (SSSR count). The Bertz CT molecular complexity index is 1070. The maximum Gasteiger partial charge on any atom is 0.266 e. The summed E-state index contributed by atoms with van der Waals surface area (Å²) >= 11 is 5.85. The van der Waals surface area contributed by atoms with Gasteiger partial charge in [-0.3, -0.25) is 20.3 Å². The minimum atomic E-state index is -0.609. The smallest absolute Gasteiger partial charge is 0.266 e. The average molecular weight is 524 g/mol. The number of aromatic nitrogens is 1. The Balaban J connectivity index is 0.000000261. The number of nitrogens with zero attached hydrogens (tertiary/aromatic N) is 1. The van der Waals surface area contributed by atoms with Gasteiger partial charge in [-0.25, -0.2) is 14.8 Å². The van der Waals surface area contributed by atoms with Gasteiger partial charge in [0.2, 0.25) is 0 Å². The first kappa shape index (κ1) is 29.4. The van der Waals surface area contributed by atoms with Gasteiger partial charge in [0.25, 0.3) is 5.91 Å². The zero-order valence-electron chi connectivity index (χ0n) is 21.7. The molecule has 1 aliphatic rings. The van der Waals surface area contributed by atoms with E-state index in [2.05, 4.69) is 26.5 Å². The minimum Gasteiger partial charge on any atom is -0.489 e. The Labute approximate surface area is 216 Å². The molecule has 36 heavy (non-hydrogen) atoms. The van der Waals surface area contributed by atoms with Crippen LogP contribution in [0.2, 0.25) is 5.02 Å². The van der Waals surface area contributed by atoms with E-state index in [0.717, 1.165) is 17.4 Å². The molecule has 1 amide bonds. The summed E-state index contributed by atoms with van der Waals surface area (Å²) in [5.74, 6) is 0.0480. The number of benzene rings is 1. The Hall–Kier alpha value is -2.79. The molecule has 1 aromatic carbocycles. The second kappa shape index (κ2) is 13.0. The van der Waals surface area contributed by atoms with Crippen LogP contribution < -0.4 is 26.2 Å². The van der Waals surface area contributed by atoms with Crippen molar-refractivity contribution in [1.82, 2.24) is 21.2 Å². The SMILES string of the molecule is CC1OC(C)(C)NC1COc1cc(Cl)c(C=O)cc1F.CNNC(=O)c1cnc(NC(C)C)c(C)c1. The summed E-state index contributed by atoms with van der Waals surface area (Å²) < 4.78 is 24.9. The van der Waals surface area contributed by atoms with Crippen molar-refractivity contribution >= 4 is 29.6 Å². The highest BCUT2D eigenvalue weighted by molar-refractivity contribution is 6.33. The van der Waals surface area contributed by atoms with Crippen molar-refractivity contribution in [3.8, 4) is 5.75 Å². The highest BCUT2D eigenvalue weighted by atomic mass is 35.5. The van der Waals surface area contributed by atoms with Crippen molar-refractivity contribution in [3.63, 3.8) is 0 Å². The zero-order chi connectivity index (χ0) is 27.0. The van der Waals surface area contributed by atoms with Gasteiger partial charge < -0.3 is 14.8 Å². The lowest BCUT2D eigenvalue weighted by Crippen LogP contribution is -2.42. The Morgan fingerprint density at radius 3 is 2.58 bits per heavy atom. The summed E-state index contributed by atoms with van der Waals surface area (Å²) in [5, 5.41) is 6.63. The molecule has 1 aliphatic heterocycles. The standard InChI is InChI=1S/C14H17ClFNO3.C11H18N4O/c1-8-12(17-14(2,3)20-8)7-19-13-5-10(15)9(6-18)4-11(13)16;1-7(2)14-10-8(3)5-9(6-13-10)11(16)15-12-4/h4-6,8,12,17H,7H2,1-3H3;5-7,12H,1-4H3,(H,13,14)(H,15,16). The van der Waals surface area contributed by atoms with E-state index >= 15 is 0 Å². The molecule has 0 radical (unpaired) electrons. The quantitative estimate of drug-likeness (QED) is 0.305. The van der Waals surface area contributed by atoms with Crippen LogP contribution in [0.3, 0.4) is 0 Å². The van der Waals surface area contributed by atoms with Gasteiger partial charge in [-0.1, -0.05) is 11.6 Å². The molecule has 0 spiro atoms. The van der Waals surface area contributed by atoms with Gasteiger partial charge in [-0.05, 0) is 59.2 Å². The van der Waals surface area contributed by atoms with E-state index in [-0.39, 0.29) is 41.0 Å². The van der Waals surface area contributed by atoms with Crippen molar-refractivity contribution < 1.29 is 23.5 Å². The van der Waals surface area contributed by atoms with Crippen LogP contribution >= 0.6 is 11.6 Å². The minimum absolute atomic E-state index is 0.0271. The summed E-state index contributed by atoms with van der Waals surface area (Å²) in [6, 6.07) is 4.46. The van der Waals surface area contributed by atoms with Crippen LogP contribution in [0.25, 0.3) is 0 Å². The van der Waals surface area contributed by atoms with Gasteiger partial charge in [0.05, 0.1) is 22.7 Å². The van der Waals surface area contributed by atoms with Gasteiger partial charge in [0.15, 0.2) is 17.9 Å². The third-order valence-corrected chi connectivity index (χ3v) is 5.51. The van der Waals surface area contributed by atoms with E-state index < -0.39 is 11.5 Å².